The maximum Gasteiger partial charge on any atom is 0.209 e. The third-order valence-corrected chi connectivity index (χ3v) is 6.16. The summed E-state index contributed by atoms with van der Waals surface area (Å²) < 4.78 is 25.8. The number of halogens is 1. The first kappa shape index (κ1) is 24.5. The van der Waals surface area contributed by atoms with Crippen LogP contribution in [0, 0.1) is 11.8 Å². The fourth-order valence-corrected chi connectivity index (χ4v) is 4.88. The van der Waals surface area contributed by atoms with Crippen LogP contribution in [0.1, 0.15) is 19.4 Å². The number of rotatable bonds is 5. The second kappa shape index (κ2) is 9.55. The molecule has 0 saturated heterocycles. The Kier molecular flexibility index (Phi) is 6.68. The van der Waals surface area contributed by atoms with Crippen LogP contribution in [-0.2, 0) is 10.0 Å². The zero-order chi connectivity index (χ0) is 25.2. The van der Waals surface area contributed by atoms with Gasteiger partial charge in [-0.1, -0.05) is 41.6 Å². The van der Waals surface area contributed by atoms with E-state index >= 15 is 0 Å². The lowest BCUT2D eigenvalue weighted by Crippen LogP contribution is -2.41. The Morgan fingerprint density at radius 3 is 2.46 bits per heavy atom. The molecule has 0 saturated carbocycles. The Morgan fingerprint density at radius 1 is 1.03 bits per heavy atom. The number of para-hydroxylation sites is 1. The van der Waals surface area contributed by atoms with E-state index in [-0.39, 0.29) is 5.75 Å². The van der Waals surface area contributed by atoms with Crippen molar-refractivity contribution in [1.29, 1.82) is 0 Å². The lowest BCUT2D eigenvalue weighted by atomic mass is 10.1. The molecular formula is C26H23ClN4O3S. The Morgan fingerprint density at radius 2 is 1.77 bits per heavy atom. The number of phenolic OH excluding ortho intramolecular Hbond substituents is 1. The number of fused-ring (bicyclic) bond motifs is 1. The molecule has 0 aliphatic rings. The minimum Gasteiger partial charge on any atom is -0.508 e. The first-order valence-electron chi connectivity index (χ1n) is 10.6. The second-order valence-corrected chi connectivity index (χ2v) is 10.6. The molecule has 0 unspecified atom stereocenters. The minimum absolute atomic E-state index is 0.0576. The number of anilines is 3. The summed E-state index contributed by atoms with van der Waals surface area (Å²) in [5.41, 5.74) is 1.86. The molecule has 0 aliphatic carbocycles. The van der Waals surface area contributed by atoms with Crippen molar-refractivity contribution in [3.8, 4) is 17.6 Å². The topological polar surface area (TPSA) is 95.4 Å². The fourth-order valence-electron chi connectivity index (χ4n) is 3.65. The molecule has 0 aliphatic heterocycles. The van der Waals surface area contributed by atoms with Gasteiger partial charge in [0.05, 0.1) is 28.0 Å². The summed E-state index contributed by atoms with van der Waals surface area (Å²) in [6.45, 7) is 3.39. The van der Waals surface area contributed by atoms with E-state index in [1.165, 1.54) is 12.4 Å². The fraction of sp³-hybridized carbons (Fsp3) is 0.154. The molecule has 0 fully saturated rings. The summed E-state index contributed by atoms with van der Waals surface area (Å²) in [4.78, 5) is 10.9. The van der Waals surface area contributed by atoms with E-state index in [1.807, 2.05) is 53.4 Å². The van der Waals surface area contributed by atoms with Gasteiger partial charge in [0.1, 0.15) is 17.9 Å². The average molecular weight is 507 g/mol. The van der Waals surface area contributed by atoms with E-state index in [2.05, 4.69) is 26.5 Å². The van der Waals surface area contributed by atoms with Gasteiger partial charge in [0, 0.05) is 22.7 Å². The van der Waals surface area contributed by atoms with Crippen molar-refractivity contribution < 1.29 is 13.5 Å². The maximum absolute atomic E-state index is 11.6. The molecule has 3 aromatic carbocycles. The molecule has 1 aromatic heterocycles. The SMILES string of the molecule is CC(C)(C#Cc1ccc2ncnc(N(c3ccccc3)c3ccc(O)cc3Cl)c2c1)NS(C)(=O)=O. The molecule has 0 spiro atoms. The van der Waals surface area contributed by atoms with Crippen molar-refractivity contribution in [3.63, 3.8) is 0 Å². The van der Waals surface area contributed by atoms with Crippen LogP contribution >= 0.6 is 11.6 Å². The molecule has 4 aromatic rings. The van der Waals surface area contributed by atoms with Crippen molar-refractivity contribution in [2.45, 2.75) is 19.4 Å². The number of aromatic nitrogens is 2. The number of hydrogen-bond acceptors (Lipinski definition) is 6. The number of sulfonamides is 1. The quantitative estimate of drug-likeness (QED) is 0.364. The van der Waals surface area contributed by atoms with Crippen molar-refractivity contribution in [3.05, 3.63) is 83.6 Å². The molecule has 0 amide bonds. The molecule has 4 rings (SSSR count). The number of phenols is 1. The van der Waals surface area contributed by atoms with Crippen LogP contribution in [0.2, 0.25) is 5.02 Å². The Hall–Kier alpha value is -3.64. The molecule has 9 heteroatoms. The van der Waals surface area contributed by atoms with E-state index in [4.69, 9.17) is 11.6 Å². The van der Waals surface area contributed by atoms with Crippen molar-refractivity contribution in [2.24, 2.45) is 0 Å². The third kappa shape index (κ3) is 5.89. The van der Waals surface area contributed by atoms with E-state index in [0.717, 1.165) is 17.3 Å². The zero-order valence-electron chi connectivity index (χ0n) is 19.3. The molecule has 1 heterocycles. The summed E-state index contributed by atoms with van der Waals surface area (Å²) in [5.74, 6) is 6.67. The van der Waals surface area contributed by atoms with Crippen LogP contribution in [0.4, 0.5) is 17.2 Å². The van der Waals surface area contributed by atoms with Gasteiger partial charge in [-0.15, -0.1) is 0 Å². The van der Waals surface area contributed by atoms with Crippen molar-refractivity contribution in [2.75, 3.05) is 11.2 Å². The highest BCUT2D eigenvalue weighted by molar-refractivity contribution is 7.88. The van der Waals surface area contributed by atoms with E-state index < -0.39 is 15.6 Å². The van der Waals surface area contributed by atoms with Crippen molar-refractivity contribution in [1.82, 2.24) is 14.7 Å². The summed E-state index contributed by atoms with van der Waals surface area (Å²) in [6.07, 6.45) is 2.58. The van der Waals surface area contributed by atoms with Crippen LogP contribution in [0.15, 0.2) is 73.1 Å². The molecule has 0 bridgehead atoms. The van der Waals surface area contributed by atoms with Crippen molar-refractivity contribution >= 4 is 49.7 Å². The lowest BCUT2D eigenvalue weighted by molar-refractivity contribution is 0.475. The smallest absolute Gasteiger partial charge is 0.209 e. The summed E-state index contributed by atoms with van der Waals surface area (Å²) in [6, 6.07) is 19.9. The van der Waals surface area contributed by atoms with Crippen LogP contribution in [-0.4, -0.2) is 35.3 Å². The second-order valence-electron chi connectivity index (χ2n) is 8.49. The van der Waals surface area contributed by atoms with Gasteiger partial charge in [0.15, 0.2) is 0 Å². The standard InChI is InChI=1S/C26H23ClN4O3S/c1-26(2,30-35(3,33)34)14-13-18-9-11-23-21(15-18)25(29-17-28-23)31(19-7-5-4-6-8-19)24-12-10-20(32)16-22(24)27/h4-12,15-17,30,32H,1-3H3. The van der Waals surface area contributed by atoms with Gasteiger partial charge in [0.2, 0.25) is 10.0 Å². The highest BCUT2D eigenvalue weighted by Crippen LogP contribution is 2.41. The molecular weight excluding hydrogens is 484 g/mol. The predicted molar refractivity (Wildman–Crippen MR) is 140 cm³/mol. The number of aromatic hydroxyl groups is 1. The van der Waals surface area contributed by atoms with Gasteiger partial charge in [-0.05, 0) is 56.3 Å². The largest absolute Gasteiger partial charge is 0.508 e. The molecule has 0 radical (unpaired) electrons. The molecule has 178 valence electrons. The number of hydrogen-bond donors (Lipinski definition) is 2. The summed E-state index contributed by atoms with van der Waals surface area (Å²) >= 11 is 6.54. The molecule has 35 heavy (non-hydrogen) atoms. The van der Waals surface area contributed by atoms with Gasteiger partial charge in [-0.25, -0.2) is 18.4 Å². The van der Waals surface area contributed by atoms with E-state index in [0.29, 0.717) is 27.6 Å². The zero-order valence-corrected chi connectivity index (χ0v) is 20.9. The number of nitrogens with one attached hydrogen (secondary N) is 1. The molecule has 7 nitrogen and oxygen atoms in total. The van der Waals surface area contributed by atoms with Gasteiger partial charge < -0.3 is 5.11 Å². The Bertz CT molecular complexity index is 1560. The Labute approximate surface area is 209 Å². The van der Waals surface area contributed by atoms with E-state index in [1.54, 1.807) is 26.0 Å². The average Bonchev–Trinajstić information content (AvgIpc) is 2.78. The van der Waals surface area contributed by atoms with Crippen LogP contribution in [0.5, 0.6) is 5.75 Å². The first-order chi connectivity index (χ1) is 16.5. The maximum atomic E-state index is 11.6. The molecule has 2 N–H and O–H groups in total. The number of nitrogens with zero attached hydrogens (tertiary/aromatic N) is 3. The van der Waals surface area contributed by atoms with Gasteiger partial charge in [-0.2, -0.15) is 4.72 Å². The van der Waals surface area contributed by atoms with Gasteiger partial charge in [-0.3, -0.25) is 4.90 Å². The predicted octanol–water partition coefficient (Wildman–Crippen LogP) is 5.14. The van der Waals surface area contributed by atoms with Crippen LogP contribution in [0.3, 0.4) is 0 Å². The van der Waals surface area contributed by atoms with Crippen LogP contribution in [0.25, 0.3) is 10.9 Å². The highest BCUT2D eigenvalue weighted by atomic mass is 35.5. The molecule has 0 atom stereocenters. The summed E-state index contributed by atoms with van der Waals surface area (Å²) in [7, 11) is -3.42. The van der Waals surface area contributed by atoms with Gasteiger partial charge >= 0.3 is 0 Å². The number of benzene rings is 3. The highest BCUT2D eigenvalue weighted by Gasteiger charge is 2.21. The summed E-state index contributed by atoms with van der Waals surface area (Å²) in [5, 5.41) is 11.0. The lowest BCUT2D eigenvalue weighted by Gasteiger charge is -2.26. The normalized spacial score (nSPS) is 11.7. The third-order valence-electron chi connectivity index (χ3n) is 4.97. The minimum atomic E-state index is -3.42. The Balaban J connectivity index is 1.88. The van der Waals surface area contributed by atoms with E-state index in [9.17, 15) is 13.5 Å². The monoisotopic (exact) mass is 506 g/mol. The van der Waals surface area contributed by atoms with Crippen LogP contribution < -0.4 is 9.62 Å². The first-order valence-corrected chi connectivity index (χ1v) is 12.9. The van der Waals surface area contributed by atoms with Gasteiger partial charge in [0.25, 0.3) is 0 Å².